The van der Waals surface area contributed by atoms with Gasteiger partial charge in [0.1, 0.15) is 11.3 Å². The molecule has 4 nitrogen and oxygen atoms in total. The van der Waals surface area contributed by atoms with Gasteiger partial charge in [0.25, 0.3) is 0 Å². The van der Waals surface area contributed by atoms with Crippen molar-refractivity contribution in [1.82, 2.24) is 15.0 Å². The molecule has 3 aromatic carbocycles. The van der Waals surface area contributed by atoms with Gasteiger partial charge in [0, 0.05) is 11.1 Å². The number of ether oxygens (including phenoxy) is 1. The van der Waals surface area contributed by atoms with Gasteiger partial charge in [-0.1, -0.05) is 47.7 Å². The van der Waals surface area contributed by atoms with Gasteiger partial charge < -0.3 is 4.74 Å². The topological polar surface area (TPSA) is 39.9 Å². The molecule has 5 heteroatoms. The number of para-hydroxylation sites is 1. The van der Waals surface area contributed by atoms with Crippen LogP contribution >= 0.6 is 11.6 Å². The van der Waals surface area contributed by atoms with Gasteiger partial charge in [0.2, 0.25) is 0 Å². The van der Waals surface area contributed by atoms with Crippen LogP contribution in [-0.2, 0) is 0 Å². The third-order valence-electron chi connectivity index (χ3n) is 4.47. The minimum Gasteiger partial charge on any atom is -0.497 e. The Kier molecular flexibility index (Phi) is 4.90. The normalized spacial score (nSPS) is 12.1. The smallest absolute Gasteiger partial charge is 0.118 e. The molecule has 4 rings (SSSR count). The van der Waals surface area contributed by atoms with Crippen LogP contribution in [0.25, 0.3) is 22.3 Å². The number of alkyl halides is 1. The third kappa shape index (κ3) is 3.32. The highest BCUT2D eigenvalue weighted by molar-refractivity contribution is 6.25. The maximum absolute atomic E-state index is 6.43. The van der Waals surface area contributed by atoms with E-state index in [-0.39, 0.29) is 0 Å². The summed E-state index contributed by atoms with van der Waals surface area (Å²) in [6.45, 7) is 0. The first-order valence-electron chi connectivity index (χ1n) is 8.61. The summed E-state index contributed by atoms with van der Waals surface area (Å²) in [5.41, 5.74) is 5.71. The molecule has 0 saturated carbocycles. The van der Waals surface area contributed by atoms with Crippen molar-refractivity contribution < 1.29 is 4.74 Å². The summed E-state index contributed by atoms with van der Waals surface area (Å²) in [6, 6.07) is 25.9. The lowest BCUT2D eigenvalue weighted by atomic mass is 10.0. The van der Waals surface area contributed by atoms with E-state index in [1.165, 1.54) is 0 Å². The fourth-order valence-electron chi connectivity index (χ4n) is 3.12. The second-order valence-electron chi connectivity index (χ2n) is 6.05. The number of methoxy groups -OCH3 is 1. The van der Waals surface area contributed by atoms with E-state index in [1.807, 2.05) is 71.4 Å². The average Bonchev–Trinajstić information content (AvgIpc) is 3.16. The van der Waals surface area contributed by atoms with Crippen molar-refractivity contribution in [2.24, 2.45) is 0 Å². The largest absolute Gasteiger partial charge is 0.497 e. The van der Waals surface area contributed by atoms with Crippen LogP contribution in [0.4, 0.5) is 0 Å². The lowest BCUT2D eigenvalue weighted by Crippen LogP contribution is -2.06. The van der Waals surface area contributed by atoms with Gasteiger partial charge in [-0.25, -0.2) is 4.68 Å². The monoisotopic (exact) mass is 375 g/mol. The third-order valence-corrected chi connectivity index (χ3v) is 4.74. The average molecular weight is 376 g/mol. The van der Waals surface area contributed by atoms with E-state index >= 15 is 0 Å². The fraction of sp³-hybridized carbons (Fsp3) is 0.0909. The van der Waals surface area contributed by atoms with Crippen molar-refractivity contribution in [1.29, 1.82) is 0 Å². The van der Waals surface area contributed by atoms with Crippen LogP contribution in [0.5, 0.6) is 5.75 Å². The van der Waals surface area contributed by atoms with Crippen molar-refractivity contribution in [2.75, 3.05) is 13.0 Å². The highest BCUT2D eigenvalue weighted by Gasteiger charge is 2.17. The van der Waals surface area contributed by atoms with Crippen LogP contribution in [0.2, 0.25) is 0 Å². The SMILES string of the molecule is COc1ccc(/C(=C(/CCl)c2ccccc2)n2nnc3ccccc32)cc1. The molecule has 0 atom stereocenters. The van der Waals surface area contributed by atoms with Crippen LogP contribution in [0.15, 0.2) is 78.9 Å². The van der Waals surface area contributed by atoms with Gasteiger partial charge in [0.15, 0.2) is 0 Å². The molecule has 0 amide bonds. The number of nitrogens with zero attached hydrogens (tertiary/aromatic N) is 3. The van der Waals surface area contributed by atoms with Crippen molar-refractivity contribution >= 4 is 33.9 Å². The first-order valence-corrected chi connectivity index (χ1v) is 9.15. The number of hydrogen-bond donors (Lipinski definition) is 0. The Hall–Kier alpha value is -3.11. The Morgan fingerprint density at radius 3 is 2.30 bits per heavy atom. The van der Waals surface area contributed by atoms with E-state index in [0.717, 1.165) is 39.2 Å². The molecule has 0 aliphatic heterocycles. The van der Waals surface area contributed by atoms with Gasteiger partial charge in [-0.15, -0.1) is 16.7 Å². The number of hydrogen-bond acceptors (Lipinski definition) is 3. The summed E-state index contributed by atoms with van der Waals surface area (Å²) in [4.78, 5) is 0. The quantitative estimate of drug-likeness (QED) is 0.360. The fourth-order valence-corrected chi connectivity index (χ4v) is 3.40. The lowest BCUT2D eigenvalue weighted by molar-refractivity contribution is 0.415. The van der Waals surface area contributed by atoms with Gasteiger partial charge in [0.05, 0.1) is 24.2 Å². The summed E-state index contributed by atoms with van der Waals surface area (Å²) in [5, 5.41) is 8.75. The standard InChI is InChI=1S/C22H18ClN3O/c1-27-18-13-11-17(12-14-18)22(19(15-23)16-7-3-2-4-8-16)26-21-10-6-5-9-20(21)24-25-26/h2-14H,15H2,1H3/b22-19+. The van der Waals surface area contributed by atoms with Gasteiger partial charge in [-0.3, -0.25) is 0 Å². The van der Waals surface area contributed by atoms with Crippen LogP contribution in [0, 0.1) is 0 Å². The maximum atomic E-state index is 6.43. The zero-order chi connectivity index (χ0) is 18.6. The molecule has 27 heavy (non-hydrogen) atoms. The van der Waals surface area contributed by atoms with Crippen molar-refractivity contribution in [2.45, 2.75) is 0 Å². The highest BCUT2D eigenvalue weighted by atomic mass is 35.5. The maximum Gasteiger partial charge on any atom is 0.118 e. The molecule has 0 N–H and O–H groups in total. The van der Waals surface area contributed by atoms with Crippen molar-refractivity contribution in [3.63, 3.8) is 0 Å². The molecule has 0 aliphatic rings. The number of fused-ring (bicyclic) bond motifs is 1. The summed E-state index contributed by atoms with van der Waals surface area (Å²) in [7, 11) is 1.66. The van der Waals surface area contributed by atoms with Gasteiger partial charge in [-0.2, -0.15) is 0 Å². The van der Waals surface area contributed by atoms with Crippen LogP contribution in [-0.4, -0.2) is 28.0 Å². The zero-order valence-electron chi connectivity index (χ0n) is 14.8. The molecule has 0 bridgehead atoms. The van der Waals surface area contributed by atoms with E-state index in [0.29, 0.717) is 5.88 Å². The van der Waals surface area contributed by atoms with Crippen LogP contribution in [0.3, 0.4) is 0 Å². The Balaban J connectivity index is 2.01. The summed E-state index contributed by atoms with van der Waals surface area (Å²) < 4.78 is 7.17. The Bertz CT molecular complexity index is 1090. The predicted molar refractivity (Wildman–Crippen MR) is 110 cm³/mol. The summed E-state index contributed by atoms with van der Waals surface area (Å²) >= 11 is 6.43. The molecule has 0 aliphatic carbocycles. The van der Waals surface area contributed by atoms with E-state index in [1.54, 1.807) is 7.11 Å². The van der Waals surface area contributed by atoms with E-state index in [2.05, 4.69) is 22.4 Å². The molecule has 1 aromatic heterocycles. The number of allylic oxidation sites excluding steroid dienone is 1. The molecule has 0 saturated heterocycles. The second kappa shape index (κ2) is 7.64. The minimum atomic E-state index is 0.347. The Morgan fingerprint density at radius 1 is 0.889 bits per heavy atom. The molecule has 4 aromatic rings. The minimum absolute atomic E-state index is 0.347. The molecule has 1 heterocycles. The number of benzene rings is 3. The zero-order valence-corrected chi connectivity index (χ0v) is 15.6. The molecule has 0 spiro atoms. The van der Waals surface area contributed by atoms with Crippen molar-refractivity contribution in [3.8, 4) is 5.75 Å². The summed E-state index contributed by atoms with van der Waals surface area (Å²) in [5.74, 6) is 1.15. The second-order valence-corrected chi connectivity index (χ2v) is 6.31. The lowest BCUT2D eigenvalue weighted by Gasteiger charge is -2.15. The Morgan fingerprint density at radius 2 is 1.59 bits per heavy atom. The highest BCUT2D eigenvalue weighted by Crippen LogP contribution is 2.31. The first-order chi connectivity index (χ1) is 13.3. The molecule has 0 unspecified atom stereocenters. The molecule has 0 radical (unpaired) electrons. The van der Waals surface area contributed by atoms with E-state index < -0.39 is 0 Å². The summed E-state index contributed by atoms with van der Waals surface area (Å²) in [6.07, 6.45) is 0. The number of halogens is 1. The predicted octanol–water partition coefficient (Wildman–Crippen LogP) is 5.10. The van der Waals surface area contributed by atoms with E-state index in [9.17, 15) is 0 Å². The number of aromatic nitrogens is 3. The molecular formula is C22H18ClN3O. The van der Waals surface area contributed by atoms with Crippen LogP contribution < -0.4 is 4.74 Å². The first kappa shape index (κ1) is 17.3. The van der Waals surface area contributed by atoms with Crippen molar-refractivity contribution in [3.05, 3.63) is 90.0 Å². The molecular weight excluding hydrogens is 358 g/mol. The Labute approximate surface area is 162 Å². The molecule has 0 fully saturated rings. The molecule has 134 valence electrons. The van der Waals surface area contributed by atoms with Gasteiger partial charge in [-0.05, 0) is 42.0 Å². The van der Waals surface area contributed by atoms with Gasteiger partial charge >= 0.3 is 0 Å². The number of rotatable bonds is 5. The van der Waals surface area contributed by atoms with Crippen LogP contribution in [0.1, 0.15) is 11.1 Å². The van der Waals surface area contributed by atoms with E-state index in [4.69, 9.17) is 16.3 Å².